The van der Waals surface area contributed by atoms with E-state index in [1.165, 1.54) is 23.2 Å². The predicted octanol–water partition coefficient (Wildman–Crippen LogP) is 6.90. The number of hydrogen-bond donors (Lipinski definition) is 1. The lowest BCUT2D eigenvalue weighted by Crippen LogP contribution is -2.46. The molecule has 0 bridgehead atoms. The van der Waals surface area contributed by atoms with Crippen molar-refractivity contribution in [2.24, 2.45) is 0 Å². The van der Waals surface area contributed by atoms with Gasteiger partial charge in [-0.25, -0.2) is 9.78 Å². The maximum atomic E-state index is 13.4. The number of rotatable bonds is 12. The van der Waals surface area contributed by atoms with E-state index < -0.39 is 43.6 Å². The smallest absolute Gasteiger partial charge is 0.330 e. The molecule has 6 rings (SSSR count). The van der Waals surface area contributed by atoms with Crippen LogP contribution in [0.4, 0.5) is 0 Å². The molecule has 0 unspecified atom stereocenters. The van der Waals surface area contributed by atoms with Crippen molar-refractivity contribution in [1.82, 2.24) is 14.5 Å². The van der Waals surface area contributed by atoms with Crippen molar-refractivity contribution < 1.29 is 27.8 Å². The van der Waals surface area contributed by atoms with E-state index in [0.717, 1.165) is 28.2 Å². The van der Waals surface area contributed by atoms with E-state index in [9.17, 15) is 9.59 Å². The molecule has 1 N–H and O–H groups in total. The molecule has 5 aromatic rings. The first kappa shape index (κ1) is 36.1. The molecule has 0 saturated carbocycles. The van der Waals surface area contributed by atoms with Crippen molar-refractivity contribution >= 4 is 8.32 Å². The van der Waals surface area contributed by atoms with E-state index in [4.69, 9.17) is 27.8 Å². The van der Waals surface area contributed by atoms with Gasteiger partial charge in [-0.1, -0.05) is 75.4 Å². The fraction of sp³-hybridized carbons (Fsp3) is 0.359. The van der Waals surface area contributed by atoms with Crippen LogP contribution in [0.15, 0.2) is 112 Å². The summed E-state index contributed by atoms with van der Waals surface area (Å²) in [7, 11) is 0.905. The summed E-state index contributed by atoms with van der Waals surface area (Å²) < 4.78 is 38.6. The van der Waals surface area contributed by atoms with Crippen LogP contribution in [0, 0.1) is 0 Å². The fourth-order valence-corrected chi connectivity index (χ4v) is 7.53. The van der Waals surface area contributed by atoms with Crippen molar-refractivity contribution in [2.45, 2.75) is 69.4 Å². The van der Waals surface area contributed by atoms with Crippen molar-refractivity contribution in [1.29, 1.82) is 0 Å². The van der Waals surface area contributed by atoms with Crippen molar-refractivity contribution in [3.8, 4) is 23.0 Å². The first-order valence-corrected chi connectivity index (χ1v) is 19.8. The molecule has 1 saturated heterocycles. The Kier molecular flexibility index (Phi) is 10.2. The molecule has 51 heavy (non-hydrogen) atoms. The molecule has 0 spiro atoms. The van der Waals surface area contributed by atoms with Crippen LogP contribution in [0.5, 0.6) is 11.5 Å². The Morgan fingerprint density at radius 2 is 1.47 bits per heavy atom. The maximum absolute atomic E-state index is 13.4. The molecule has 268 valence electrons. The Hall–Kier alpha value is -4.75. The monoisotopic (exact) mass is 711 g/mol. The highest BCUT2D eigenvalue weighted by molar-refractivity contribution is 6.74. The molecule has 0 amide bonds. The van der Waals surface area contributed by atoms with Gasteiger partial charge >= 0.3 is 5.69 Å². The van der Waals surface area contributed by atoms with Gasteiger partial charge in [0.25, 0.3) is 5.56 Å². The lowest BCUT2D eigenvalue weighted by molar-refractivity contribution is -0.0864. The summed E-state index contributed by atoms with van der Waals surface area (Å²) in [5.74, 6) is 1.54. The number of aromatic nitrogens is 3. The van der Waals surface area contributed by atoms with Crippen LogP contribution in [0.2, 0.25) is 18.1 Å². The van der Waals surface area contributed by atoms with E-state index in [0.29, 0.717) is 6.42 Å². The molecule has 3 heterocycles. The molecule has 1 fully saturated rings. The molecule has 3 aromatic carbocycles. The number of hydrogen-bond acceptors (Lipinski definition) is 9. The Morgan fingerprint density at radius 1 is 0.882 bits per heavy atom. The second-order valence-electron chi connectivity index (χ2n) is 14.2. The highest BCUT2D eigenvalue weighted by Crippen LogP contribution is 2.45. The van der Waals surface area contributed by atoms with Crippen LogP contribution in [0.25, 0.3) is 11.5 Å². The standard InChI is InChI=1S/C39H45N3O8Si/c1-38(2,3)51(6,7)50-33-23-31(49-36(33)42-24-32(34(43)41-37(42)44)35-40-21-22-47-35)25-48-39(26-11-9-8-10-12-26,27-13-17-29(45-4)18-14-27)28-15-19-30(46-5)20-16-28/h8-22,24,31,33,36H,23,25H2,1-7H3,(H,41,43,44)/t31-,33-,36-/m1/s1. The van der Waals surface area contributed by atoms with Gasteiger partial charge in [0.05, 0.1) is 39.2 Å². The summed E-state index contributed by atoms with van der Waals surface area (Å²) in [5, 5.41) is -0.115. The van der Waals surface area contributed by atoms with Gasteiger partial charge in [0.2, 0.25) is 5.89 Å². The minimum absolute atomic E-state index is 0.0939. The lowest BCUT2D eigenvalue weighted by Gasteiger charge is -2.39. The topological polar surface area (TPSA) is 127 Å². The maximum Gasteiger partial charge on any atom is 0.330 e. The van der Waals surface area contributed by atoms with Gasteiger partial charge in [0, 0.05) is 12.6 Å². The number of aromatic amines is 1. The SMILES string of the molecule is COc1ccc(C(OC[C@H]2C[C@@H](O[Si](C)(C)C(C)(C)C)[C@H](n3cc(-c4ncco4)c(=O)[nH]c3=O)O2)(c2ccccc2)c2ccc(OC)cc2)cc1. The minimum atomic E-state index is -2.37. The van der Waals surface area contributed by atoms with Gasteiger partial charge in [-0.2, -0.15) is 0 Å². The highest BCUT2D eigenvalue weighted by Gasteiger charge is 2.47. The van der Waals surface area contributed by atoms with Crippen LogP contribution in [-0.2, 0) is 19.5 Å². The molecule has 3 atom stereocenters. The van der Waals surface area contributed by atoms with Gasteiger partial charge in [-0.3, -0.25) is 14.3 Å². The van der Waals surface area contributed by atoms with Gasteiger partial charge in [0.1, 0.15) is 28.9 Å². The van der Waals surface area contributed by atoms with Gasteiger partial charge in [0.15, 0.2) is 14.5 Å². The van der Waals surface area contributed by atoms with Gasteiger partial charge in [-0.05, 0) is 59.1 Å². The zero-order valence-electron chi connectivity index (χ0n) is 30.0. The minimum Gasteiger partial charge on any atom is -0.497 e. The van der Waals surface area contributed by atoms with Crippen LogP contribution in [-0.4, -0.2) is 55.9 Å². The zero-order valence-corrected chi connectivity index (χ0v) is 31.0. The summed E-state index contributed by atoms with van der Waals surface area (Å²) in [6.45, 7) is 11.0. The number of oxazole rings is 1. The number of nitrogens with one attached hydrogen (secondary N) is 1. The van der Waals surface area contributed by atoms with Crippen molar-refractivity contribution in [3.05, 3.63) is 135 Å². The third-order valence-corrected chi connectivity index (χ3v) is 14.5. The molecule has 11 nitrogen and oxygen atoms in total. The molecular weight excluding hydrogens is 667 g/mol. The fourth-order valence-electron chi connectivity index (χ4n) is 6.20. The first-order chi connectivity index (χ1) is 24.4. The van der Waals surface area contributed by atoms with Crippen LogP contribution in [0.1, 0.15) is 50.1 Å². The summed E-state index contributed by atoms with van der Waals surface area (Å²) in [5.41, 5.74) is 0.495. The second-order valence-corrected chi connectivity index (χ2v) is 18.9. The number of methoxy groups -OCH3 is 2. The molecule has 2 aromatic heterocycles. The largest absolute Gasteiger partial charge is 0.497 e. The Bertz CT molecular complexity index is 1970. The van der Waals surface area contributed by atoms with E-state index in [-0.39, 0.29) is 23.1 Å². The summed E-state index contributed by atoms with van der Waals surface area (Å²) >= 11 is 0. The van der Waals surface area contributed by atoms with Crippen LogP contribution >= 0.6 is 0 Å². The van der Waals surface area contributed by atoms with E-state index >= 15 is 0 Å². The third kappa shape index (κ3) is 7.22. The van der Waals surface area contributed by atoms with Crippen LogP contribution in [0.3, 0.4) is 0 Å². The summed E-state index contributed by atoms with van der Waals surface area (Å²) in [4.78, 5) is 32.8. The number of nitrogens with zero attached hydrogens (tertiary/aromatic N) is 2. The first-order valence-electron chi connectivity index (χ1n) is 16.9. The molecular formula is C39H45N3O8Si. The molecule has 1 aliphatic rings. The molecule has 1 aliphatic heterocycles. The highest BCUT2D eigenvalue weighted by atomic mass is 28.4. The van der Waals surface area contributed by atoms with Crippen molar-refractivity contribution in [2.75, 3.05) is 20.8 Å². The summed E-state index contributed by atoms with van der Waals surface area (Å²) in [6, 6.07) is 25.7. The molecule has 12 heteroatoms. The third-order valence-electron chi connectivity index (χ3n) is 9.96. The quantitative estimate of drug-likeness (QED) is 0.109. The Balaban J connectivity index is 1.42. The number of ether oxygens (including phenoxy) is 4. The van der Waals surface area contributed by atoms with Crippen LogP contribution < -0.4 is 20.7 Å². The molecule has 0 aliphatic carbocycles. The normalized spacial score (nSPS) is 18.1. The average molecular weight is 712 g/mol. The van der Waals surface area contributed by atoms with Crippen molar-refractivity contribution in [3.63, 3.8) is 0 Å². The van der Waals surface area contributed by atoms with E-state index in [2.05, 4.69) is 43.8 Å². The zero-order chi connectivity index (χ0) is 36.4. The van der Waals surface area contributed by atoms with Gasteiger partial charge in [-0.15, -0.1) is 0 Å². The second kappa shape index (κ2) is 14.5. The predicted molar refractivity (Wildman–Crippen MR) is 196 cm³/mol. The number of benzene rings is 3. The van der Waals surface area contributed by atoms with E-state index in [1.807, 2.05) is 78.9 Å². The van der Waals surface area contributed by atoms with Gasteiger partial charge < -0.3 is 27.8 Å². The lowest BCUT2D eigenvalue weighted by atomic mass is 9.80. The summed E-state index contributed by atoms with van der Waals surface area (Å²) in [6.07, 6.45) is 2.81. The van der Waals surface area contributed by atoms with E-state index in [1.54, 1.807) is 14.2 Å². The Morgan fingerprint density at radius 3 is 2.00 bits per heavy atom. The molecule has 0 radical (unpaired) electrons. The average Bonchev–Trinajstić information content (AvgIpc) is 3.80. The number of H-pyrrole nitrogens is 1. The Labute approximate surface area is 298 Å².